The molecule has 2 heterocycles. The number of aliphatic hydroxyl groups excluding tert-OH is 1. The molecule has 1 amide bonds. The van der Waals surface area contributed by atoms with Crippen LogP contribution in [0.15, 0.2) is 24.5 Å². The average Bonchev–Trinajstić information content (AvgIpc) is 2.97. The number of nitrogens with one attached hydrogen (secondary N) is 1. The van der Waals surface area contributed by atoms with E-state index in [1.54, 1.807) is 17.1 Å². The van der Waals surface area contributed by atoms with Gasteiger partial charge in [0, 0.05) is 17.7 Å². The highest BCUT2D eigenvalue weighted by molar-refractivity contribution is 7.16. The normalized spacial score (nSPS) is 10.6. The van der Waals surface area contributed by atoms with Gasteiger partial charge in [-0.15, -0.1) is 11.3 Å². The highest BCUT2D eigenvalue weighted by atomic mass is 35.5. The lowest BCUT2D eigenvalue weighted by Crippen LogP contribution is -2.26. The van der Waals surface area contributed by atoms with Crippen molar-refractivity contribution in [2.45, 2.75) is 19.5 Å². The number of carbonyl (C=O) groups is 1. The Morgan fingerprint density at radius 1 is 1.53 bits per heavy atom. The molecule has 102 valence electrons. The van der Waals surface area contributed by atoms with Crippen LogP contribution in [0.3, 0.4) is 0 Å². The first-order chi connectivity index (χ1) is 9.17. The van der Waals surface area contributed by atoms with Gasteiger partial charge in [0.2, 0.25) is 5.91 Å². The molecule has 0 radical (unpaired) electrons. The summed E-state index contributed by atoms with van der Waals surface area (Å²) in [5.74, 6) is -0.108. The highest BCUT2D eigenvalue weighted by Crippen LogP contribution is 2.20. The van der Waals surface area contributed by atoms with E-state index in [1.807, 2.05) is 12.1 Å². The second kappa shape index (κ2) is 6.70. The van der Waals surface area contributed by atoms with E-state index in [9.17, 15) is 4.79 Å². The Morgan fingerprint density at radius 3 is 3.05 bits per heavy atom. The van der Waals surface area contributed by atoms with Crippen molar-refractivity contribution in [3.05, 3.63) is 39.3 Å². The van der Waals surface area contributed by atoms with E-state index in [1.165, 1.54) is 11.3 Å². The molecule has 0 unspecified atom stereocenters. The molecule has 2 aromatic heterocycles. The van der Waals surface area contributed by atoms with E-state index in [0.717, 1.165) is 10.4 Å². The molecule has 7 heteroatoms. The SMILES string of the molecule is O=C(Cn1cc(CCO)cn1)NCc1ccc(Cl)s1. The molecule has 0 atom stereocenters. The summed E-state index contributed by atoms with van der Waals surface area (Å²) in [4.78, 5) is 12.7. The predicted molar refractivity (Wildman–Crippen MR) is 74.2 cm³/mol. The Kier molecular flexibility index (Phi) is 4.95. The van der Waals surface area contributed by atoms with Gasteiger partial charge in [-0.3, -0.25) is 9.48 Å². The van der Waals surface area contributed by atoms with E-state index in [2.05, 4.69) is 10.4 Å². The number of aromatic nitrogens is 2. The van der Waals surface area contributed by atoms with Crippen molar-refractivity contribution in [1.29, 1.82) is 0 Å². The molecule has 0 spiro atoms. The Hall–Kier alpha value is -1.37. The third-order valence-electron chi connectivity index (χ3n) is 2.48. The number of aliphatic hydroxyl groups is 1. The maximum Gasteiger partial charge on any atom is 0.242 e. The second-order valence-corrected chi connectivity index (χ2v) is 5.80. The number of thiophene rings is 1. The number of amides is 1. The molecule has 2 aromatic rings. The number of rotatable bonds is 6. The molecule has 0 bridgehead atoms. The molecule has 0 aliphatic carbocycles. The van der Waals surface area contributed by atoms with Crippen LogP contribution in [0.4, 0.5) is 0 Å². The van der Waals surface area contributed by atoms with Crippen LogP contribution >= 0.6 is 22.9 Å². The Labute approximate surface area is 119 Å². The van der Waals surface area contributed by atoms with Crippen LogP contribution in [-0.2, 0) is 24.3 Å². The van der Waals surface area contributed by atoms with Crippen molar-refractivity contribution in [1.82, 2.24) is 15.1 Å². The van der Waals surface area contributed by atoms with Crippen LogP contribution in [0.2, 0.25) is 4.34 Å². The van der Waals surface area contributed by atoms with Crippen molar-refractivity contribution in [3.8, 4) is 0 Å². The smallest absolute Gasteiger partial charge is 0.242 e. The van der Waals surface area contributed by atoms with Crippen LogP contribution in [0, 0.1) is 0 Å². The summed E-state index contributed by atoms with van der Waals surface area (Å²) in [5.41, 5.74) is 0.917. The van der Waals surface area contributed by atoms with Gasteiger partial charge in [-0.1, -0.05) is 11.6 Å². The van der Waals surface area contributed by atoms with E-state index >= 15 is 0 Å². The summed E-state index contributed by atoms with van der Waals surface area (Å²) >= 11 is 7.26. The summed E-state index contributed by atoms with van der Waals surface area (Å²) in [6, 6.07) is 3.70. The standard InChI is InChI=1S/C12H14ClN3O2S/c13-11-2-1-10(19-11)6-14-12(18)8-16-7-9(3-4-17)5-15-16/h1-2,5,7,17H,3-4,6,8H2,(H,14,18). The van der Waals surface area contributed by atoms with Crippen LogP contribution in [-0.4, -0.2) is 27.4 Å². The zero-order valence-corrected chi connectivity index (χ0v) is 11.7. The molecular formula is C12H14ClN3O2S. The first-order valence-corrected chi connectivity index (χ1v) is 7.00. The fourth-order valence-corrected chi connectivity index (χ4v) is 2.61. The van der Waals surface area contributed by atoms with E-state index in [0.29, 0.717) is 17.3 Å². The van der Waals surface area contributed by atoms with Gasteiger partial charge in [-0.25, -0.2) is 0 Å². The van der Waals surface area contributed by atoms with Gasteiger partial charge >= 0.3 is 0 Å². The molecule has 0 aliphatic heterocycles. The van der Waals surface area contributed by atoms with E-state index < -0.39 is 0 Å². The lowest BCUT2D eigenvalue weighted by atomic mass is 10.3. The van der Waals surface area contributed by atoms with Crippen molar-refractivity contribution >= 4 is 28.8 Å². The summed E-state index contributed by atoms with van der Waals surface area (Å²) in [6.07, 6.45) is 3.97. The quantitative estimate of drug-likeness (QED) is 0.848. The maximum absolute atomic E-state index is 11.7. The number of hydrogen-bond donors (Lipinski definition) is 2. The van der Waals surface area contributed by atoms with Crippen molar-refractivity contribution in [2.75, 3.05) is 6.61 Å². The van der Waals surface area contributed by atoms with Crippen molar-refractivity contribution in [2.24, 2.45) is 0 Å². The first-order valence-electron chi connectivity index (χ1n) is 5.80. The summed E-state index contributed by atoms with van der Waals surface area (Å²) in [5, 5.41) is 15.7. The Morgan fingerprint density at radius 2 is 2.37 bits per heavy atom. The van der Waals surface area contributed by atoms with Crippen LogP contribution < -0.4 is 5.32 Å². The van der Waals surface area contributed by atoms with Crippen LogP contribution in [0.1, 0.15) is 10.4 Å². The molecule has 0 fully saturated rings. The molecule has 0 saturated heterocycles. The average molecular weight is 300 g/mol. The number of halogens is 1. The van der Waals surface area contributed by atoms with Gasteiger partial charge in [0.1, 0.15) is 6.54 Å². The van der Waals surface area contributed by atoms with Gasteiger partial charge in [-0.05, 0) is 24.1 Å². The molecule has 0 aromatic carbocycles. The van der Waals surface area contributed by atoms with Crippen molar-refractivity contribution in [3.63, 3.8) is 0 Å². The third kappa shape index (κ3) is 4.34. The van der Waals surface area contributed by atoms with Gasteiger partial charge in [0.05, 0.1) is 17.1 Å². The topological polar surface area (TPSA) is 67.2 Å². The van der Waals surface area contributed by atoms with Gasteiger partial charge in [0.25, 0.3) is 0 Å². The summed E-state index contributed by atoms with van der Waals surface area (Å²) in [6.45, 7) is 0.725. The van der Waals surface area contributed by atoms with Crippen LogP contribution in [0.5, 0.6) is 0 Å². The monoisotopic (exact) mass is 299 g/mol. The largest absolute Gasteiger partial charge is 0.396 e. The second-order valence-electron chi connectivity index (χ2n) is 4.00. The zero-order valence-electron chi connectivity index (χ0n) is 10.2. The molecule has 0 aliphatic rings. The number of hydrogen-bond acceptors (Lipinski definition) is 4. The molecule has 19 heavy (non-hydrogen) atoms. The summed E-state index contributed by atoms with van der Waals surface area (Å²) < 4.78 is 2.27. The molecule has 2 N–H and O–H groups in total. The van der Waals surface area contributed by atoms with E-state index in [-0.39, 0.29) is 19.1 Å². The lowest BCUT2D eigenvalue weighted by Gasteiger charge is -2.03. The number of carbonyl (C=O) groups excluding carboxylic acids is 1. The zero-order chi connectivity index (χ0) is 13.7. The Balaban J connectivity index is 1.80. The first kappa shape index (κ1) is 14.0. The minimum atomic E-state index is -0.108. The summed E-state index contributed by atoms with van der Waals surface area (Å²) in [7, 11) is 0. The fourth-order valence-electron chi connectivity index (χ4n) is 1.59. The molecule has 2 rings (SSSR count). The van der Waals surface area contributed by atoms with Gasteiger partial charge in [0.15, 0.2) is 0 Å². The fraction of sp³-hybridized carbons (Fsp3) is 0.333. The highest BCUT2D eigenvalue weighted by Gasteiger charge is 2.05. The maximum atomic E-state index is 11.7. The minimum absolute atomic E-state index is 0.0804. The Bertz CT molecular complexity index is 553. The van der Waals surface area contributed by atoms with Gasteiger partial charge < -0.3 is 10.4 Å². The van der Waals surface area contributed by atoms with Gasteiger partial charge in [-0.2, -0.15) is 5.10 Å². The number of nitrogens with zero attached hydrogens (tertiary/aromatic N) is 2. The predicted octanol–water partition coefficient (Wildman–Crippen LogP) is 1.45. The molecule has 0 saturated carbocycles. The lowest BCUT2D eigenvalue weighted by molar-refractivity contribution is -0.122. The third-order valence-corrected chi connectivity index (χ3v) is 3.71. The van der Waals surface area contributed by atoms with E-state index in [4.69, 9.17) is 16.7 Å². The minimum Gasteiger partial charge on any atom is -0.396 e. The van der Waals surface area contributed by atoms with Crippen molar-refractivity contribution < 1.29 is 9.90 Å². The van der Waals surface area contributed by atoms with Crippen LogP contribution in [0.25, 0.3) is 0 Å². The molecule has 5 nitrogen and oxygen atoms in total. The molecular weight excluding hydrogens is 286 g/mol.